The first kappa shape index (κ1) is 12.7. The van der Waals surface area contributed by atoms with Gasteiger partial charge in [-0.2, -0.15) is 0 Å². The summed E-state index contributed by atoms with van der Waals surface area (Å²) in [5.41, 5.74) is 1.15. The van der Waals surface area contributed by atoms with Crippen molar-refractivity contribution in [2.24, 2.45) is 5.92 Å². The summed E-state index contributed by atoms with van der Waals surface area (Å²) in [6.45, 7) is 2.07. The summed E-state index contributed by atoms with van der Waals surface area (Å²) < 4.78 is 0. The van der Waals surface area contributed by atoms with E-state index < -0.39 is 0 Å². The van der Waals surface area contributed by atoms with E-state index in [-0.39, 0.29) is 24.1 Å². The number of fused-ring (bicyclic) bond motifs is 1. The maximum atomic E-state index is 12.3. The fourth-order valence-corrected chi connectivity index (χ4v) is 3.74. The van der Waals surface area contributed by atoms with Gasteiger partial charge < -0.3 is 10.0 Å². The van der Waals surface area contributed by atoms with Crippen LogP contribution < -0.4 is 0 Å². The molecule has 102 valence electrons. The Morgan fingerprint density at radius 3 is 2.74 bits per heavy atom. The van der Waals surface area contributed by atoms with Gasteiger partial charge in [-0.1, -0.05) is 36.8 Å². The van der Waals surface area contributed by atoms with Crippen LogP contribution >= 0.6 is 0 Å². The lowest BCUT2D eigenvalue weighted by atomic mass is 9.82. The number of carbonyl (C=O) groups is 1. The standard InChI is InChI=1S/C16H21NO2/c1-11(12-6-3-2-4-7-12)17-15(19)10-13-8-5-9-14(18)16(13)17/h2-4,6-7,11,13-14,16,18H,5,8-10H2,1H3/t11-,13-,14-,16+/m0/s1. The fourth-order valence-electron chi connectivity index (χ4n) is 3.74. The molecule has 0 spiro atoms. The molecule has 1 heterocycles. The van der Waals surface area contributed by atoms with Crippen molar-refractivity contribution in [3.63, 3.8) is 0 Å². The molecule has 1 aromatic rings. The summed E-state index contributed by atoms with van der Waals surface area (Å²) in [7, 11) is 0. The maximum absolute atomic E-state index is 12.3. The average molecular weight is 259 g/mol. The number of benzene rings is 1. The third-order valence-corrected chi connectivity index (χ3v) is 4.70. The zero-order valence-corrected chi connectivity index (χ0v) is 11.3. The summed E-state index contributed by atoms with van der Waals surface area (Å²) in [5.74, 6) is 0.551. The molecule has 0 radical (unpaired) electrons. The van der Waals surface area contributed by atoms with Crippen molar-refractivity contribution in [3.8, 4) is 0 Å². The Balaban J connectivity index is 1.88. The Hall–Kier alpha value is -1.35. The zero-order chi connectivity index (χ0) is 13.4. The molecule has 1 saturated carbocycles. The molecule has 3 nitrogen and oxygen atoms in total. The minimum Gasteiger partial charge on any atom is -0.391 e. The van der Waals surface area contributed by atoms with Crippen LogP contribution in [0.1, 0.15) is 44.2 Å². The molecule has 1 N–H and O–H groups in total. The lowest BCUT2D eigenvalue weighted by Crippen LogP contribution is -2.46. The monoisotopic (exact) mass is 259 g/mol. The minimum atomic E-state index is -0.351. The molecule has 2 fully saturated rings. The second-order valence-corrected chi connectivity index (χ2v) is 5.84. The van der Waals surface area contributed by atoms with Gasteiger partial charge in [-0.3, -0.25) is 4.79 Å². The SMILES string of the molecule is C[C@@H](c1ccccc1)N1C(=O)C[C@@H]2CCC[C@H](O)[C@@H]21. The average Bonchev–Trinajstić information content (AvgIpc) is 2.76. The molecular weight excluding hydrogens is 238 g/mol. The van der Waals surface area contributed by atoms with Gasteiger partial charge in [0.05, 0.1) is 18.2 Å². The molecule has 4 atom stereocenters. The Morgan fingerprint density at radius 1 is 1.26 bits per heavy atom. The molecule has 0 unspecified atom stereocenters. The van der Waals surface area contributed by atoms with E-state index in [1.807, 2.05) is 23.1 Å². The van der Waals surface area contributed by atoms with Crippen LogP contribution in [0.5, 0.6) is 0 Å². The van der Waals surface area contributed by atoms with Crippen molar-refractivity contribution >= 4 is 5.91 Å². The molecule has 1 aliphatic heterocycles. The van der Waals surface area contributed by atoms with Crippen molar-refractivity contribution in [2.45, 2.75) is 50.8 Å². The van der Waals surface area contributed by atoms with E-state index in [2.05, 4.69) is 19.1 Å². The first-order valence-electron chi connectivity index (χ1n) is 7.22. The Morgan fingerprint density at radius 2 is 2.00 bits per heavy atom. The predicted octanol–water partition coefficient (Wildman–Crippen LogP) is 2.51. The van der Waals surface area contributed by atoms with Crippen LogP contribution in [0.25, 0.3) is 0 Å². The van der Waals surface area contributed by atoms with Crippen molar-refractivity contribution < 1.29 is 9.90 Å². The van der Waals surface area contributed by atoms with Gasteiger partial charge in [-0.15, -0.1) is 0 Å². The molecule has 3 rings (SSSR count). The molecule has 1 saturated heterocycles. The molecule has 2 aliphatic rings. The van der Waals surface area contributed by atoms with Gasteiger partial charge in [0.1, 0.15) is 0 Å². The van der Waals surface area contributed by atoms with E-state index in [0.717, 1.165) is 24.8 Å². The van der Waals surface area contributed by atoms with Gasteiger partial charge in [0.2, 0.25) is 5.91 Å². The highest BCUT2D eigenvalue weighted by atomic mass is 16.3. The van der Waals surface area contributed by atoms with E-state index in [4.69, 9.17) is 0 Å². The van der Waals surface area contributed by atoms with Gasteiger partial charge in [-0.05, 0) is 31.2 Å². The number of hydrogen-bond acceptors (Lipinski definition) is 2. The molecule has 1 amide bonds. The smallest absolute Gasteiger partial charge is 0.223 e. The molecule has 0 aromatic heterocycles. The zero-order valence-electron chi connectivity index (χ0n) is 11.3. The highest BCUT2D eigenvalue weighted by Crippen LogP contribution is 2.41. The molecule has 0 bridgehead atoms. The van der Waals surface area contributed by atoms with E-state index in [1.165, 1.54) is 0 Å². The van der Waals surface area contributed by atoms with Crippen LogP contribution in [0.2, 0.25) is 0 Å². The van der Waals surface area contributed by atoms with Crippen LogP contribution in [0, 0.1) is 5.92 Å². The first-order chi connectivity index (χ1) is 9.18. The number of carbonyl (C=O) groups excluding carboxylic acids is 1. The van der Waals surface area contributed by atoms with Crippen LogP contribution in [0.15, 0.2) is 30.3 Å². The Labute approximate surface area is 114 Å². The quantitative estimate of drug-likeness (QED) is 0.886. The van der Waals surface area contributed by atoms with E-state index in [9.17, 15) is 9.90 Å². The molecule has 1 aromatic carbocycles. The summed E-state index contributed by atoms with van der Waals surface area (Å²) in [6.07, 6.45) is 3.20. The lowest BCUT2D eigenvalue weighted by molar-refractivity contribution is -0.133. The largest absolute Gasteiger partial charge is 0.391 e. The van der Waals surface area contributed by atoms with Gasteiger partial charge in [0, 0.05) is 6.42 Å². The number of aliphatic hydroxyl groups excluding tert-OH is 1. The van der Waals surface area contributed by atoms with E-state index in [0.29, 0.717) is 12.3 Å². The molecule has 3 heteroatoms. The van der Waals surface area contributed by atoms with Crippen molar-refractivity contribution in [2.75, 3.05) is 0 Å². The highest BCUT2D eigenvalue weighted by molar-refractivity contribution is 5.80. The lowest BCUT2D eigenvalue weighted by Gasteiger charge is -2.39. The fraction of sp³-hybridized carbons (Fsp3) is 0.562. The number of nitrogens with zero attached hydrogens (tertiary/aromatic N) is 1. The normalized spacial score (nSPS) is 32.2. The molecule has 1 aliphatic carbocycles. The number of rotatable bonds is 2. The second-order valence-electron chi connectivity index (χ2n) is 5.84. The number of amides is 1. The van der Waals surface area contributed by atoms with Gasteiger partial charge in [-0.25, -0.2) is 0 Å². The summed E-state index contributed by atoms with van der Waals surface area (Å²) in [5, 5.41) is 10.3. The van der Waals surface area contributed by atoms with Crippen molar-refractivity contribution in [1.82, 2.24) is 4.90 Å². The maximum Gasteiger partial charge on any atom is 0.223 e. The Bertz CT molecular complexity index is 459. The number of hydrogen-bond donors (Lipinski definition) is 1. The van der Waals surface area contributed by atoms with Crippen LogP contribution in [-0.4, -0.2) is 28.1 Å². The summed E-state index contributed by atoms with van der Waals surface area (Å²) in [4.78, 5) is 14.3. The Kier molecular flexibility index (Phi) is 3.31. The van der Waals surface area contributed by atoms with E-state index >= 15 is 0 Å². The van der Waals surface area contributed by atoms with Crippen LogP contribution in [0.3, 0.4) is 0 Å². The van der Waals surface area contributed by atoms with Crippen LogP contribution in [0.4, 0.5) is 0 Å². The molecular formula is C16H21NO2. The summed E-state index contributed by atoms with van der Waals surface area (Å²) >= 11 is 0. The number of likely N-dealkylation sites (tertiary alicyclic amines) is 1. The van der Waals surface area contributed by atoms with Gasteiger partial charge in [0.25, 0.3) is 0 Å². The highest BCUT2D eigenvalue weighted by Gasteiger charge is 2.47. The van der Waals surface area contributed by atoms with Gasteiger partial charge >= 0.3 is 0 Å². The second kappa shape index (κ2) is 4.97. The van der Waals surface area contributed by atoms with E-state index in [1.54, 1.807) is 0 Å². The number of aliphatic hydroxyl groups is 1. The third kappa shape index (κ3) is 2.16. The van der Waals surface area contributed by atoms with Crippen molar-refractivity contribution in [1.29, 1.82) is 0 Å². The first-order valence-corrected chi connectivity index (χ1v) is 7.22. The predicted molar refractivity (Wildman–Crippen MR) is 73.5 cm³/mol. The topological polar surface area (TPSA) is 40.5 Å². The van der Waals surface area contributed by atoms with Crippen molar-refractivity contribution in [3.05, 3.63) is 35.9 Å². The third-order valence-electron chi connectivity index (χ3n) is 4.70. The molecule has 19 heavy (non-hydrogen) atoms. The van der Waals surface area contributed by atoms with Gasteiger partial charge in [0.15, 0.2) is 0 Å². The minimum absolute atomic E-state index is 0.0245. The summed E-state index contributed by atoms with van der Waals surface area (Å²) in [6, 6.07) is 10.2. The van der Waals surface area contributed by atoms with Crippen LogP contribution in [-0.2, 0) is 4.79 Å².